The highest BCUT2D eigenvalue weighted by atomic mass is 32.1. The van der Waals surface area contributed by atoms with Crippen LogP contribution in [0.2, 0.25) is 0 Å². The highest BCUT2D eigenvalue weighted by molar-refractivity contribution is 7.17. The third-order valence-corrected chi connectivity index (χ3v) is 3.36. The summed E-state index contributed by atoms with van der Waals surface area (Å²) in [6.07, 6.45) is 1.68. The topological polar surface area (TPSA) is 73.8 Å². The van der Waals surface area contributed by atoms with Crippen molar-refractivity contribution in [2.45, 2.75) is 0 Å². The number of nitrogens with zero attached hydrogens (tertiary/aromatic N) is 3. The van der Waals surface area contributed by atoms with Crippen LogP contribution in [-0.2, 0) is 0 Å². The van der Waals surface area contributed by atoms with Gasteiger partial charge in [0, 0.05) is 6.20 Å². The summed E-state index contributed by atoms with van der Waals surface area (Å²) in [6, 6.07) is 7.29. The molecule has 0 fully saturated rings. The largest absolute Gasteiger partial charge is 0.320 e. The van der Waals surface area contributed by atoms with E-state index < -0.39 is 0 Å². The molecule has 17 heavy (non-hydrogen) atoms. The van der Waals surface area contributed by atoms with Gasteiger partial charge in [-0.25, -0.2) is 0 Å². The number of aromatic nitrogens is 3. The second kappa shape index (κ2) is 3.67. The standard InChI is InChI=1S/C11H8N4OS/c12-15-11(16)7-4-6-17-10(7)9(14-15)8-3-1-2-5-13-8/h1-6H,12H2. The van der Waals surface area contributed by atoms with Crippen molar-refractivity contribution in [3.63, 3.8) is 0 Å². The van der Waals surface area contributed by atoms with Crippen LogP contribution >= 0.6 is 11.3 Å². The Morgan fingerprint density at radius 2 is 2.18 bits per heavy atom. The lowest BCUT2D eigenvalue weighted by Gasteiger charge is -2.03. The first-order valence-electron chi connectivity index (χ1n) is 4.94. The predicted octanol–water partition coefficient (Wildman–Crippen LogP) is 1.23. The highest BCUT2D eigenvalue weighted by Crippen LogP contribution is 2.26. The van der Waals surface area contributed by atoms with Crippen molar-refractivity contribution in [3.8, 4) is 11.4 Å². The fourth-order valence-electron chi connectivity index (χ4n) is 1.65. The maximum absolute atomic E-state index is 11.7. The summed E-state index contributed by atoms with van der Waals surface area (Å²) in [7, 11) is 0. The molecule has 2 N–H and O–H groups in total. The van der Waals surface area contributed by atoms with Crippen molar-refractivity contribution in [2.24, 2.45) is 0 Å². The van der Waals surface area contributed by atoms with E-state index in [1.807, 2.05) is 23.6 Å². The quantitative estimate of drug-likeness (QED) is 0.653. The number of fused-ring (bicyclic) bond motifs is 1. The molecule has 3 rings (SSSR count). The second-order valence-electron chi connectivity index (χ2n) is 3.48. The molecule has 0 saturated heterocycles. The van der Waals surface area contributed by atoms with E-state index in [9.17, 15) is 4.79 Å². The van der Waals surface area contributed by atoms with Gasteiger partial charge in [-0.3, -0.25) is 9.78 Å². The monoisotopic (exact) mass is 244 g/mol. The Hall–Kier alpha value is -2.21. The first kappa shape index (κ1) is 9.98. The molecule has 0 amide bonds. The number of nitrogen functional groups attached to an aromatic ring is 1. The first-order valence-corrected chi connectivity index (χ1v) is 5.82. The molecule has 84 valence electrons. The third kappa shape index (κ3) is 1.50. The average molecular weight is 244 g/mol. The Labute approximate surface area is 100 Å². The van der Waals surface area contributed by atoms with Gasteiger partial charge in [0.2, 0.25) is 0 Å². The Balaban J connectivity index is 2.42. The molecule has 0 aliphatic heterocycles. The Morgan fingerprint density at radius 3 is 2.94 bits per heavy atom. The molecular weight excluding hydrogens is 236 g/mol. The minimum atomic E-state index is -0.291. The molecule has 3 aromatic heterocycles. The van der Waals surface area contributed by atoms with Gasteiger partial charge in [0.25, 0.3) is 5.56 Å². The lowest BCUT2D eigenvalue weighted by Crippen LogP contribution is -2.29. The summed E-state index contributed by atoms with van der Waals surface area (Å²) in [4.78, 5) is 16.8. The van der Waals surface area contributed by atoms with E-state index in [1.54, 1.807) is 12.3 Å². The van der Waals surface area contributed by atoms with E-state index in [0.717, 1.165) is 9.49 Å². The van der Waals surface area contributed by atoms with Gasteiger partial charge in [-0.1, -0.05) is 6.07 Å². The lowest BCUT2D eigenvalue weighted by molar-refractivity contribution is 0.780. The van der Waals surface area contributed by atoms with Gasteiger partial charge in [-0.15, -0.1) is 21.2 Å². The molecule has 3 aromatic rings. The van der Waals surface area contributed by atoms with Crippen molar-refractivity contribution in [2.75, 3.05) is 5.84 Å². The molecule has 0 bridgehead atoms. The van der Waals surface area contributed by atoms with E-state index in [4.69, 9.17) is 5.84 Å². The SMILES string of the molecule is Nn1nc(-c2ccccn2)c2sccc2c1=O. The molecule has 0 aromatic carbocycles. The van der Waals surface area contributed by atoms with Crippen molar-refractivity contribution in [1.82, 2.24) is 14.9 Å². The van der Waals surface area contributed by atoms with Gasteiger partial charge in [0.1, 0.15) is 5.69 Å². The van der Waals surface area contributed by atoms with Gasteiger partial charge in [0.05, 0.1) is 15.8 Å². The van der Waals surface area contributed by atoms with Crippen molar-refractivity contribution >= 4 is 21.4 Å². The minimum absolute atomic E-state index is 0.291. The Bertz CT molecular complexity index is 732. The van der Waals surface area contributed by atoms with E-state index in [2.05, 4.69) is 10.1 Å². The zero-order valence-corrected chi connectivity index (χ0v) is 9.52. The zero-order chi connectivity index (χ0) is 11.8. The summed E-state index contributed by atoms with van der Waals surface area (Å²) >= 11 is 1.46. The van der Waals surface area contributed by atoms with E-state index in [-0.39, 0.29) is 5.56 Å². The number of pyridine rings is 1. The minimum Gasteiger partial charge on any atom is -0.320 e. The van der Waals surface area contributed by atoms with E-state index in [1.165, 1.54) is 11.3 Å². The molecule has 5 nitrogen and oxygen atoms in total. The Kier molecular flexibility index (Phi) is 2.15. The van der Waals surface area contributed by atoms with Gasteiger partial charge < -0.3 is 5.84 Å². The van der Waals surface area contributed by atoms with Crippen LogP contribution in [0.4, 0.5) is 0 Å². The third-order valence-electron chi connectivity index (χ3n) is 2.43. The maximum Gasteiger partial charge on any atom is 0.294 e. The molecule has 0 unspecified atom stereocenters. The smallest absolute Gasteiger partial charge is 0.294 e. The summed E-state index contributed by atoms with van der Waals surface area (Å²) < 4.78 is 0.815. The van der Waals surface area contributed by atoms with Crippen LogP contribution in [-0.4, -0.2) is 14.9 Å². The first-order chi connectivity index (χ1) is 8.27. The van der Waals surface area contributed by atoms with Crippen LogP contribution < -0.4 is 11.4 Å². The molecule has 0 aliphatic carbocycles. The van der Waals surface area contributed by atoms with Crippen LogP contribution in [0.25, 0.3) is 21.5 Å². The summed E-state index contributed by atoms with van der Waals surface area (Å²) in [6.45, 7) is 0. The maximum atomic E-state index is 11.7. The summed E-state index contributed by atoms with van der Waals surface area (Å²) in [5.41, 5.74) is 1.05. The van der Waals surface area contributed by atoms with Crippen LogP contribution in [0.5, 0.6) is 0 Å². The van der Waals surface area contributed by atoms with Gasteiger partial charge in [-0.2, -0.15) is 0 Å². The molecular formula is C11H8N4OS. The fourth-order valence-corrected chi connectivity index (χ4v) is 2.53. The number of thiophene rings is 1. The summed E-state index contributed by atoms with van der Waals surface area (Å²) in [5, 5.41) is 6.50. The summed E-state index contributed by atoms with van der Waals surface area (Å²) in [5.74, 6) is 5.55. The second-order valence-corrected chi connectivity index (χ2v) is 4.39. The van der Waals surface area contributed by atoms with Gasteiger partial charge >= 0.3 is 0 Å². The number of hydrogen-bond acceptors (Lipinski definition) is 5. The van der Waals surface area contributed by atoms with Gasteiger partial charge in [-0.05, 0) is 23.6 Å². The van der Waals surface area contributed by atoms with E-state index >= 15 is 0 Å². The molecule has 0 atom stereocenters. The zero-order valence-electron chi connectivity index (χ0n) is 8.70. The normalized spacial score (nSPS) is 10.8. The van der Waals surface area contributed by atoms with E-state index in [0.29, 0.717) is 16.8 Å². The number of rotatable bonds is 1. The molecule has 0 spiro atoms. The van der Waals surface area contributed by atoms with Crippen molar-refractivity contribution in [3.05, 3.63) is 46.2 Å². The molecule has 6 heteroatoms. The van der Waals surface area contributed by atoms with Gasteiger partial charge in [0.15, 0.2) is 0 Å². The van der Waals surface area contributed by atoms with Crippen LogP contribution in [0.15, 0.2) is 40.6 Å². The number of hydrogen-bond donors (Lipinski definition) is 1. The lowest BCUT2D eigenvalue weighted by atomic mass is 10.2. The van der Waals surface area contributed by atoms with Crippen LogP contribution in [0.1, 0.15) is 0 Å². The van der Waals surface area contributed by atoms with Crippen LogP contribution in [0.3, 0.4) is 0 Å². The molecule has 0 radical (unpaired) electrons. The molecule has 0 aliphatic rings. The average Bonchev–Trinajstić information content (AvgIpc) is 2.84. The van der Waals surface area contributed by atoms with Crippen molar-refractivity contribution in [1.29, 1.82) is 0 Å². The van der Waals surface area contributed by atoms with Crippen LogP contribution in [0, 0.1) is 0 Å². The molecule has 3 heterocycles. The highest BCUT2D eigenvalue weighted by Gasteiger charge is 2.12. The fraction of sp³-hybridized carbons (Fsp3) is 0. The van der Waals surface area contributed by atoms with Crippen molar-refractivity contribution < 1.29 is 0 Å². The Morgan fingerprint density at radius 1 is 1.29 bits per heavy atom. The molecule has 0 saturated carbocycles. The number of nitrogens with two attached hydrogens (primary N) is 1. The predicted molar refractivity (Wildman–Crippen MR) is 67.3 cm³/mol.